The number of carboxylic acid groups (broad SMARTS) is 1. The van der Waals surface area contributed by atoms with Gasteiger partial charge in [-0.2, -0.15) is 0 Å². The van der Waals surface area contributed by atoms with Gasteiger partial charge < -0.3 is 52.7 Å². The van der Waals surface area contributed by atoms with E-state index in [-0.39, 0.29) is 37.6 Å². The van der Waals surface area contributed by atoms with E-state index in [9.17, 15) is 48.6 Å². The van der Waals surface area contributed by atoms with Crippen LogP contribution in [0, 0.1) is 5.92 Å². The van der Waals surface area contributed by atoms with Crippen LogP contribution in [-0.2, 0) is 38.4 Å². The second kappa shape index (κ2) is 18.6. The molecule has 0 radical (unpaired) electrons. The van der Waals surface area contributed by atoms with Crippen LogP contribution in [0.1, 0.15) is 58.8 Å². The highest BCUT2D eigenvalue weighted by atomic mass is 16.4. The quantitative estimate of drug-likeness (QED) is 0.0683. The molecule has 2 fully saturated rings. The summed E-state index contributed by atoms with van der Waals surface area (Å²) in [6.45, 7) is 2.66. The molecular formula is C28H46N8O10. The van der Waals surface area contributed by atoms with Crippen molar-refractivity contribution in [2.75, 3.05) is 32.8 Å². The lowest BCUT2D eigenvalue weighted by atomic mass is 10.0. The monoisotopic (exact) mass is 654 g/mol. The molecular weight excluding hydrogens is 608 g/mol. The first-order chi connectivity index (χ1) is 21.7. The number of amides is 7. The molecule has 2 rings (SSSR count). The van der Waals surface area contributed by atoms with Crippen LogP contribution in [-0.4, -0.2) is 125 Å². The molecule has 18 nitrogen and oxygen atoms in total. The van der Waals surface area contributed by atoms with E-state index in [2.05, 4.69) is 31.9 Å². The van der Waals surface area contributed by atoms with E-state index in [0.717, 1.165) is 6.42 Å². The fraction of sp³-hybridized carbons (Fsp3) is 0.714. The molecule has 0 saturated carbocycles. The predicted molar refractivity (Wildman–Crippen MR) is 160 cm³/mol. The van der Waals surface area contributed by atoms with Gasteiger partial charge in [0.2, 0.25) is 41.4 Å². The third-order valence-corrected chi connectivity index (χ3v) is 7.52. The Morgan fingerprint density at radius 3 is 2.15 bits per heavy atom. The maximum atomic E-state index is 13.7. The van der Waals surface area contributed by atoms with E-state index in [1.54, 1.807) is 0 Å². The summed E-state index contributed by atoms with van der Waals surface area (Å²) in [6.07, 6.45) is 1.52. The molecule has 2 saturated heterocycles. The van der Waals surface area contributed by atoms with Crippen molar-refractivity contribution in [3.8, 4) is 0 Å². The normalized spacial score (nSPS) is 19.4. The molecule has 7 amide bonds. The third kappa shape index (κ3) is 12.2. The standard InChI is InChI=1S/C28H46N8O10/c1-15(2)11-18(34-25(43)16-5-3-9-30-16)26(44)33-17(7-8-23(40)41)28(46)36-10-4-6-20(36)27(45)35-19(14-37)24(42)32-13-22(39)31-12-21(29)38/h15-20,30,37H,3-14H2,1-2H3,(H2,29,38)(H,31,39)(H,32,42)(H,33,44)(H,34,43)(H,35,45)(H,40,41)/t16-,17-,18-,19-,20-/m0/s1. The second-order valence-corrected chi connectivity index (χ2v) is 11.7. The maximum absolute atomic E-state index is 13.7. The Balaban J connectivity index is 2.11. The average Bonchev–Trinajstić information content (AvgIpc) is 3.71. The number of nitrogens with zero attached hydrogens (tertiary/aromatic N) is 1. The molecule has 2 aliphatic heterocycles. The summed E-state index contributed by atoms with van der Waals surface area (Å²) in [6, 6.07) is -5.35. The van der Waals surface area contributed by atoms with Crippen molar-refractivity contribution in [1.29, 1.82) is 0 Å². The van der Waals surface area contributed by atoms with Crippen LogP contribution in [0.15, 0.2) is 0 Å². The molecule has 0 aromatic rings. The number of aliphatic hydroxyl groups excluding tert-OH is 1. The highest BCUT2D eigenvalue weighted by Gasteiger charge is 2.40. The van der Waals surface area contributed by atoms with E-state index >= 15 is 0 Å². The molecule has 2 heterocycles. The van der Waals surface area contributed by atoms with Gasteiger partial charge in [-0.1, -0.05) is 13.8 Å². The molecule has 5 atom stereocenters. The number of carboxylic acids is 1. The number of aliphatic hydroxyl groups is 1. The van der Waals surface area contributed by atoms with Crippen molar-refractivity contribution in [3.63, 3.8) is 0 Å². The predicted octanol–water partition coefficient (Wildman–Crippen LogP) is -4.20. The molecule has 2 aliphatic rings. The Labute approximate surface area is 266 Å². The first-order valence-electron chi connectivity index (χ1n) is 15.3. The number of hydrogen-bond donors (Lipinski definition) is 9. The number of carbonyl (C=O) groups is 8. The van der Waals surface area contributed by atoms with Gasteiger partial charge >= 0.3 is 5.97 Å². The summed E-state index contributed by atoms with van der Waals surface area (Å²) in [5.41, 5.74) is 4.94. The number of primary amides is 1. The van der Waals surface area contributed by atoms with Gasteiger partial charge in [0, 0.05) is 13.0 Å². The first-order valence-corrected chi connectivity index (χ1v) is 15.3. The summed E-state index contributed by atoms with van der Waals surface area (Å²) >= 11 is 0. The van der Waals surface area contributed by atoms with E-state index in [0.29, 0.717) is 19.4 Å². The Bertz CT molecular complexity index is 1140. The van der Waals surface area contributed by atoms with Crippen LogP contribution < -0.4 is 37.6 Å². The van der Waals surface area contributed by atoms with Crippen molar-refractivity contribution in [1.82, 2.24) is 36.8 Å². The fourth-order valence-corrected chi connectivity index (χ4v) is 5.19. The highest BCUT2D eigenvalue weighted by Crippen LogP contribution is 2.20. The molecule has 18 heteroatoms. The SMILES string of the molecule is CC(C)C[C@H](NC(=O)[C@@H]1CCCN1)C(=O)N[C@@H](CCC(=O)O)C(=O)N1CCC[C@H]1C(=O)N[C@@H](CO)C(=O)NCC(=O)NCC(N)=O. The molecule has 0 aromatic carbocycles. The topological polar surface area (TPSA) is 278 Å². The van der Waals surface area contributed by atoms with Crippen LogP contribution in [0.25, 0.3) is 0 Å². The van der Waals surface area contributed by atoms with Crippen LogP contribution >= 0.6 is 0 Å². The van der Waals surface area contributed by atoms with Crippen LogP contribution in [0.5, 0.6) is 0 Å². The van der Waals surface area contributed by atoms with Crippen molar-refractivity contribution >= 4 is 47.3 Å². The molecule has 10 N–H and O–H groups in total. The number of nitrogens with one attached hydrogen (secondary N) is 6. The summed E-state index contributed by atoms with van der Waals surface area (Å²) in [5, 5.41) is 34.1. The second-order valence-electron chi connectivity index (χ2n) is 11.7. The minimum atomic E-state index is -1.48. The largest absolute Gasteiger partial charge is 0.481 e. The number of hydrogen-bond acceptors (Lipinski definition) is 10. The Morgan fingerprint density at radius 2 is 1.57 bits per heavy atom. The molecule has 0 spiro atoms. The van der Waals surface area contributed by atoms with Gasteiger partial charge in [-0.3, -0.25) is 38.4 Å². The molecule has 258 valence electrons. The third-order valence-electron chi connectivity index (χ3n) is 7.52. The zero-order valence-electron chi connectivity index (χ0n) is 26.1. The van der Waals surface area contributed by atoms with Gasteiger partial charge in [0.1, 0.15) is 24.2 Å². The minimum absolute atomic E-state index is 0.00591. The highest BCUT2D eigenvalue weighted by molar-refractivity contribution is 5.97. The lowest BCUT2D eigenvalue weighted by Gasteiger charge is -2.30. The molecule has 0 aromatic heterocycles. The van der Waals surface area contributed by atoms with E-state index in [1.807, 2.05) is 13.8 Å². The molecule has 0 aliphatic carbocycles. The van der Waals surface area contributed by atoms with E-state index in [4.69, 9.17) is 5.73 Å². The number of nitrogens with two attached hydrogens (primary N) is 1. The Kier molecular flexibility index (Phi) is 15.3. The van der Waals surface area contributed by atoms with Gasteiger partial charge in [0.25, 0.3) is 0 Å². The summed E-state index contributed by atoms with van der Waals surface area (Å²) in [5.74, 6) is -6.15. The van der Waals surface area contributed by atoms with Crippen molar-refractivity contribution in [3.05, 3.63) is 0 Å². The van der Waals surface area contributed by atoms with Gasteiger partial charge in [-0.25, -0.2) is 0 Å². The number of likely N-dealkylation sites (tertiary alicyclic amines) is 1. The first kappa shape index (κ1) is 37.9. The zero-order valence-corrected chi connectivity index (χ0v) is 26.1. The van der Waals surface area contributed by atoms with Gasteiger partial charge in [-0.05, 0) is 51.0 Å². The molecule has 0 bridgehead atoms. The van der Waals surface area contributed by atoms with Gasteiger partial charge in [0.15, 0.2) is 0 Å². The van der Waals surface area contributed by atoms with Gasteiger partial charge in [-0.15, -0.1) is 0 Å². The minimum Gasteiger partial charge on any atom is -0.481 e. The number of rotatable bonds is 18. The summed E-state index contributed by atoms with van der Waals surface area (Å²) in [4.78, 5) is 101. The van der Waals surface area contributed by atoms with E-state index < -0.39 is 97.7 Å². The van der Waals surface area contributed by atoms with Crippen molar-refractivity contribution in [2.45, 2.75) is 89.0 Å². The van der Waals surface area contributed by atoms with E-state index in [1.165, 1.54) is 4.90 Å². The lowest BCUT2D eigenvalue weighted by Crippen LogP contribution is -2.59. The number of aliphatic carboxylic acids is 1. The van der Waals surface area contributed by atoms with Crippen molar-refractivity contribution in [2.24, 2.45) is 11.7 Å². The van der Waals surface area contributed by atoms with Crippen LogP contribution in [0.3, 0.4) is 0 Å². The smallest absolute Gasteiger partial charge is 0.303 e. The fourth-order valence-electron chi connectivity index (χ4n) is 5.19. The van der Waals surface area contributed by atoms with Crippen LogP contribution in [0.2, 0.25) is 0 Å². The average molecular weight is 655 g/mol. The Morgan fingerprint density at radius 1 is 0.870 bits per heavy atom. The molecule has 0 unspecified atom stereocenters. The zero-order chi connectivity index (χ0) is 34.4. The van der Waals surface area contributed by atoms with Crippen LogP contribution in [0.4, 0.5) is 0 Å². The Hall–Kier alpha value is -4.32. The maximum Gasteiger partial charge on any atom is 0.303 e. The van der Waals surface area contributed by atoms with Gasteiger partial charge in [0.05, 0.1) is 25.7 Å². The lowest BCUT2D eigenvalue weighted by molar-refractivity contribution is -0.143. The summed E-state index contributed by atoms with van der Waals surface area (Å²) < 4.78 is 0. The summed E-state index contributed by atoms with van der Waals surface area (Å²) in [7, 11) is 0. The number of carbonyl (C=O) groups excluding carboxylic acids is 7. The molecule has 46 heavy (non-hydrogen) atoms. The van der Waals surface area contributed by atoms with Crippen molar-refractivity contribution < 1.29 is 48.6 Å².